The lowest BCUT2D eigenvalue weighted by Crippen LogP contribution is -2.53. The lowest BCUT2D eigenvalue weighted by atomic mass is 10.0. The molecule has 2 fully saturated rings. The lowest BCUT2D eigenvalue weighted by molar-refractivity contribution is -0.138. The average Bonchev–Trinajstić information content (AvgIpc) is 3.31. The van der Waals surface area contributed by atoms with Crippen molar-refractivity contribution in [3.8, 4) is 0 Å². The van der Waals surface area contributed by atoms with Gasteiger partial charge in [-0.2, -0.15) is 0 Å². The minimum Gasteiger partial charge on any atom is -0.341 e. The first kappa shape index (κ1) is 16.6. The van der Waals surface area contributed by atoms with Gasteiger partial charge in [0.25, 0.3) is 0 Å². The van der Waals surface area contributed by atoms with Crippen LogP contribution in [0, 0.1) is 0 Å². The number of likely N-dealkylation sites (tertiary alicyclic amines) is 2. The minimum atomic E-state index is -0.103. The Morgan fingerprint density at radius 2 is 1.72 bits per heavy atom. The van der Waals surface area contributed by atoms with Crippen molar-refractivity contribution >= 4 is 17.5 Å². The number of benzene rings is 1. The van der Waals surface area contributed by atoms with Crippen LogP contribution in [0.3, 0.4) is 0 Å². The third kappa shape index (κ3) is 3.30. The lowest BCUT2D eigenvalue weighted by Gasteiger charge is -2.37. The fourth-order valence-corrected chi connectivity index (χ4v) is 4.46. The van der Waals surface area contributed by atoms with E-state index >= 15 is 0 Å². The van der Waals surface area contributed by atoms with Crippen LogP contribution in [-0.2, 0) is 16.0 Å². The highest BCUT2D eigenvalue weighted by atomic mass is 16.2. The number of piperidine rings is 1. The molecule has 25 heavy (non-hydrogen) atoms. The van der Waals surface area contributed by atoms with Gasteiger partial charge < -0.3 is 9.80 Å². The largest absolute Gasteiger partial charge is 0.341 e. The molecule has 2 amide bonds. The minimum absolute atomic E-state index is 0.103. The van der Waals surface area contributed by atoms with E-state index in [1.165, 1.54) is 5.56 Å². The van der Waals surface area contributed by atoms with Crippen LogP contribution in [0.25, 0.3) is 0 Å². The highest BCUT2D eigenvalue weighted by Crippen LogP contribution is 2.28. The second-order valence-corrected chi connectivity index (χ2v) is 7.44. The van der Waals surface area contributed by atoms with Crippen molar-refractivity contribution in [3.05, 3.63) is 29.8 Å². The molecule has 3 aliphatic rings. The number of amides is 2. The molecule has 3 heterocycles. The third-order valence-electron chi connectivity index (χ3n) is 5.84. The van der Waals surface area contributed by atoms with Gasteiger partial charge in [0, 0.05) is 25.3 Å². The molecule has 0 bridgehead atoms. The Morgan fingerprint density at radius 3 is 2.56 bits per heavy atom. The molecule has 134 valence electrons. The highest BCUT2D eigenvalue weighted by Gasteiger charge is 2.35. The smallest absolute Gasteiger partial charge is 0.241 e. The maximum Gasteiger partial charge on any atom is 0.241 e. The van der Waals surface area contributed by atoms with E-state index in [0.29, 0.717) is 6.54 Å². The maximum absolute atomic E-state index is 12.9. The first-order valence-electron chi connectivity index (χ1n) is 9.65. The molecular formula is C20H27N3O2. The van der Waals surface area contributed by atoms with Crippen molar-refractivity contribution in [2.75, 3.05) is 37.6 Å². The van der Waals surface area contributed by atoms with Crippen LogP contribution in [0.2, 0.25) is 0 Å². The van der Waals surface area contributed by atoms with Crippen molar-refractivity contribution in [2.24, 2.45) is 0 Å². The molecule has 0 unspecified atom stereocenters. The molecule has 0 spiro atoms. The molecule has 0 radical (unpaired) electrons. The molecule has 1 aromatic carbocycles. The van der Waals surface area contributed by atoms with Crippen LogP contribution in [0.4, 0.5) is 5.69 Å². The number of fused-ring (bicyclic) bond motifs is 1. The van der Waals surface area contributed by atoms with Crippen molar-refractivity contribution in [2.45, 2.75) is 44.6 Å². The summed E-state index contributed by atoms with van der Waals surface area (Å²) in [7, 11) is 0. The van der Waals surface area contributed by atoms with Crippen molar-refractivity contribution in [1.29, 1.82) is 0 Å². The topological polar surface area (TPSA) is 43.9 Å². The summed E-state index contributed by atoms with van der Waals surface area (Å²) in [4.78, 5) is 31.8. The number of carbonyl (C=O) groups is 2. The van der Waals surface area contributed by atoms with Crippen LogP contribution >= 0.6 is 0 Å². The predicted molar refractivity (Wildman–Crippen MR) is 97.5 cm³/mol. The van der Waals surface area contributed by atoms with Gasteiger partial charge in [-0.25, -0.2) is 0 Å². The van der Waals surface area contributed by atoms with Crippen LogP contribution in [0.1, 0.15) is 37.7 Å². The van der Waals surface area contributed by atoms with E-state index in [0.717, 1.165) is 70.4 Å². The number of hydrogen-bond acceptors (Lipinski definition) is 3. The van der Waals surface area contributed by atoms with Gasteiger partial charge in [0.2, 0.25) is 11.8 Å². The van der Waals surface area contributed by atoms with Gasteiger partial charge in [-0.3, -0.25) is 14.5 Å². The molecule has 0 saturated carbocycles. The van der Waals surface area contributed by atoms with Gasteiger partial charge in [-0.15, -0.1) is 0 Å². The molecule has 1 atom stereocenters. The quantitative estimate of drug-likeness (QED) is 0.845. The van der Waals surface area contributed by atoms with Crippen molar-refractivity contribution in [3.63, 3.8) is 0 Å². The SMILES string of the molecule is O=C([C@H]1CCCCN1CC(=O)N1CCc2ccccc21)N1CCCC1. The van der Waals surface area contributed by atoms with E-state index in [2.05, 4.69) is 11.0 Å². The Hall–Kier alpha value is -1.88. The Labute approximate surface area is 149 Å². The van der Waals surface area contributed by atoms with Crippen molar-refractivity contribution in [1.82, 2.24) is 9.80 Å². The zero-order valence-corrected chi connectivity index (χ0v) is 14.8. The number of nitrogens with zero attached hydrogens (tertiary/aromatic N) is 3. The van der Waals surface area contributed by atoms with E-state index in [1.807, 2.05) is 28.0 Å². The molecule has 1 aromatic rings. The molecule has 4 rings (SSSR count). The zero-order chi connectivity index (χ0) is 17.2. The highest BCUT2D eigenvalue weighted by molar-refractivity contribution is 5.97. The van der Waals surface area contributed by atoms with Gasteiger partial charge in [-0.1, -0.05) is 24.6 Å². The standard InChI is InChI=1S/C20H27N3O2/c24-19(23-14-10-16-7-1-2-8-17(16)23)15-22-13-4-3-9-18(22)20(25)21-11-5-6-12-21/h1-2,7-8,18H,3-6,9-15H2/t18-/m1/s1. The summed E-state index contributed by atoms with van der Waals surface area (Å²) in [5, 5.41) is 0. The molecular weight excluding hydrogens is 314 g/mol. The second kappa shape index (κ2) is 7.16. The van der Waals surface area contributed by atoms with E-state index in [1.54, 1.807) is 0 Å². The van der Waals surface area contributed by atoms with Crippen molar-refractivity contribution < 1.29 is 9.59 Å². The molecule has 2 saturated heterocycles. The molecule has 5 nitrogen and oxygen atoms in total. The van der Waals surface area contributed by atoms with Crippen LogP contribution in [-0.4, -0.2) is 60.4 Å². The van der Waals surface area contributed by atoms with Gasteiger partial charge in [0.05, 0.1) is 12.6 Å². The fourth-order valence-electron chi connectivity index (χ4n) is 4.46. The van der Waals surface area contributed by atoms with Crippen LogP contribution in [0.15, 0.2) is 24.3 Å². The number of rotatable bonds is 3. The molecule has 0 aliphatic carbocycles. The van der Waals surface area contributed by atoms with E-state index < -0.39 is 0 Å². The van der Waals surface area contributed by atoms with Gasteiger partial charge in [0.15, 0.2) is 0 Å². The summed E-state index contributed by atoms with van der Waals surface area (Å²) in [6.45, 7) is 3.74. The van der Waals surface area contributed by atoms with Gasteiger partial charge >= 0.3 is 0 Å². The summed E-state index contributed by atoms with van der Waals surface area (Å²) < 4.78 is 0. The summed E-state index contributed by atoms with van der Waals surface area (Å²) in [6, 6.07) is 8.05. The maximum atomic E-state index is 12.9. The second-order valence-electron chi connectivity index (χ2n) is 7.44. The predicted octanol–water partition coefficient (Wildman–Crippen LogP) is 2.05. The summed E-state index contributed by atoms with van der Waals surface area (Å²) in [5.41, 5.74) is 2.30. The Balaban J connectivity index is 1.45. The average molecular weight is 341 g/mol. The number of para-hydroxylation sites is 1. The van der Waals surface area contributed by atoms with E-state index in [9.17, 15) is 9.59 Å². The molecule has 0 N–H and O–H groups in total. The summed E-state index contributed by atoms with van der Waals surface area (Å²) in [5.74, 6) is 0.373. The Morgan fingerprint density at radius 1 is 0.960 bits per heavy atom. The Bertz CT molecular complexity index is 654. The normalized spacial score (nSPS) is 23.8. The number of carbonyl (C=O) groups excluding carboxylic acids is 2. The van der Waals surface area contributed by atoms with E-state index in [-0.39, 0.29) is 17.9 Å². The molecule has 0 aromatic heterocycles. The first-order chi connectivity index (χ1) is 12.2. The summed E-state index contributed by atoms with van der Waals surface area (Å²) >= 11 is 0. The first-order valence-corrected chi connectivity index (χ1v) is 9.65. The number of hydrogen-bond donors (Lipinski definition) is 0. The molecule has 5 heteroatoms. The zero-order valence-electron chi connectivity index (χ0n) is 14.8. The molecule has 3 aliphatic heterocycles. The fraction of sp³-hybridized carbons (Fsp3) is 0.600. The number of anilines is 1. The van der Waals surface area contributed by atoms with Crippen LogP contribution < -0.4 is 4.90 Å². The van der Waals surface area contributed by atoms with Crippen LogP contribution in [0.5, 0.6) is 0 Å². The van der Waals surface area contributed by atoms with E-state index in [4.69, 9.17) is 0 Å². The third-order valence-corrected chi connectivity index (χ3v) is 5.84. The van der Waals surface area contributed by atoms with Gasteiger partial charge in [-0.05, 0) is 50.3 Å². The Kier molecular flexibility index (Phi) is 4.75. The summed E-state index contributed by atoms with van der Waals surface area (Å²) in [6.07, 6.45) is 6.20. The van der Waals surface area contributed by atoms with Gasteiger partial charge in [0.1, 0.15) is 0 Å². The monoisotopic (exact) mass is 341 g/mol.